The van der Waals surface area contributed by atoms with Gasteiger partial charge in [0.2, 0.25) is 9.84 Å². The highest BCUT2D eigenvalue weighted by atomic mass is 32.2. The molecule has 3 N–H and O–H groups in total. The fourth-order valence-corrected chi connectivity index (χ4v) is 6.42. The summed E-state index contributed by atoms with van der Waals surface area (Å²) in [5, 5.41) is 13.9. The number of hydrogen-bond acceptors (Lipinski definition) is 8. The number of benzene rings is 3. The highest BCUT2D eigenvalue weighted by Gasteiger charge is 2.23. The predicted octanol–water partition coefficient (Wildman–Crippen LogP) is 4.77. The number of nitrogens with one attached hydrogen (secondary N) is 3. The summed E-state index contributed by atoms with van der Waals surface area (Å²) >= 11 is 0. The number of amides is 1. The van der Waals surface area contributed by atoms with Crippen molar-refractivity contribution in [1.82, 2.24) is 15.1 Å². The van der Waals surface area contributed by atoms with Crippen molar-refractivity contribution in [2.75, 3.05) is 63.0 Å². The fourth-order valence-electron chi connectivity index (χ4n) is 5.10. The van der Waals surface area contributed by atoms with E-state index in [4.69, 9.17) is 4.74 Å². The molecule has 1 saturated heterocycles. The van der Waals surface area contributed by atoms with Crippen molar-refractivity contribution in [2.45, 2.75) is 35.1 Å². The lowest BCUT2D eigenvalue weighted by Crippen LogP contribution is -2.29. The van der Waals surface area contributed by atoms with Crippen molar-refractivity contribution in [2.24, 2.45) is 0 Å². The summed E-state index contributed by atoms with van der Waals surface area (Å²) in [7, 11) is 2.14. The first-order valence-electron chi connectivity index (χ1n) is 14.3. The lowest BCUT2D eigenvalue weighted by atomic mass is 10.1. The van der Waals surface area contributed by atoms with Gasteiger partial charge in [-0.25, -0.2) is 12.8 Å². The van der Waals surface area contributed by atoms with E-state index in [1.54, 1.807) is 12.1 Å². The van der Waals surface area contributed by atoms with Gasteiger partial charge in [0.05, 0.1) is 20.9 Å². The molecule has 10 nitrogen and oxygen atoms in total. The molecule has 0 radical (unpaired) electrons. The summed E-state index contributed by atoms with van der Waals surface area (Å²) in [5.74, 6) is -0.837. The van der Waals surface area contributed by atoms with Gasteiger partial charge in [-0.05, 0) is 94.5 Å². The molecular weight excluding hydrogens is 571 g/mol. The summed E-state index contributed by atoms with van der Waals surface area (Å²) in [6.45, 7) is 3.15. The minimum Gasteiger partial charge on any atom is -0.381 e. The second-order valence-electron chi connectivity index (χ2n) is 11.0. The zero-order valence-corrected chi connectivity index (χ0v) is 25.4. The van der Waals surface area contributed by atoms with E-state index >= 15 is 0 Å². The van der Waals surface area contributed by atoms with Crippen molar-refractivity contribution in [3.8, 4) is 0 Å². The molecule has 1 fully saturated rings. The number of fused-ring (bicyclic) bond motifs is 1. The molecule has 1 aliphatic heterocycles. The van der Waals surface area contributed by atoms with Crippen LogP contribution in [0.3, 0.4) is 0 Å². The number of anilines is 3. The Labute approximate surface area is 251 Å². The molecule has 3 aromatic carbocycles. The SMILES string of the molecule is CN(C)CCCN(C)c1ccc(C(=O)Nc2n[nH]c3ccc(S(=O)(=O)c4cccc(F)c4)cc23)c(NC2CCOCC2)c1. The Balaban J connectivity index is 1.42. The van der Waals surface area contributed by atoms with Crippen LogP contribution in [-0.2, 0) is 14.6 Å². The molecule has 1 amide bonds. The molecule has 4 aromatic rings. The zero-order chi connectivity index (χ0) is 30.6. The van der Waals surface area contributed by atoms with E-state index in [9.17, 15) is 17.6 Å². The minimum atomic E-state index is -4.00. The van der Waals surface area contributed by atoms with Crippen LogP contribution in [0.2, 0.25) is 0 Å². The molecule has 0 spiro atoms. The number of hydrogen-bond donors (Lipinski definition) is 3. The van der Waals surface area contributed by atoms with Gasteiger partial charge in [0.15, 0.2) is 5.82 Å². The van der Waals surface area contributed by atoms with Crippen molar-refractivity contribution in [3.05, 3.63) is 72.0 Å². The van der Waals surface area contributed by atoms with E-state index in [0.29, 0.717) is 35.4 Å². The Morgan fingerprint density at radius 1 is 1.02 bits per heavy atom. The largest absolute Gasteiger partial charge is 0.381 e. The third kappa shape index (κ3) is 7.15. The molecule has 0 unspecified atom stereocenters. The Morgan fingerprint density at radius 3 is 2.53 bits per heavy atom. The molecule has 228 valence electrons. The van der Waals surface area contributed by atoms with Gasteiger partial charge >= 0.3 is 0 Å². The van der Waals surface area contributed by atoms with Gasteiger partial charge in [-0.3, -0.25) is 9.89 Å². The van der Waals surface area contributed by atoms with Gasteiger partial charge in [0.1, 0.15) is 5.82 Å². The summed E-state index contributed by atoms with van der Waals surface area (Å²) in [5.41, 5.74) is 2.68. The average Bonchev–Trinajstić information content (AvgIpc) is 3.39. The zero-order valence-electron chi connectivity index (χ0n) is 24.6. The van der Waals surface area contributed by atoms with E-state index in [1.807, 2.05) is 19.2 Å². The minimum absolute atomic E-state index is 0.0361. The van der Waals surface area contributed by atoms with E-state index < -0.39 is 15.7 Å². The van der Waals surface area contributed by atoms with Crippen LogP contribution >= 0.6 is 0 Å². The second-order valence-corrected chi connectivity index (χ2v) is 13.0. The van der Waals surface area contributed by atoms with Crippen molar-refractivity contribution in [1.29, 1.82) is 0 Å². The normalized spacial score (nSPS) is 14.3. The Bertz CT molecular complexity index is 1700. The number of halogens is 1. The van der Waals surface area contributed by atoms with Crippen LogP contribution in [0.15, 0.2) is 70.5 Å². The Kier molecular flexibility index (Phi) is 9.28. The maximum absolute atomic E-state index is 13.8. The number of rotatable bonds is 11. The standard InChI is InChI=1S/C31H37FN6O4S/c1-37(2)14-5-15-38(3)23-8-10-26(29(19-23)33-22-12-16-42-17-13-22)31(39)34-30-27-20-25(9-11-28(27)35-36-30)43(40,41)24-7-4-6-21(32)18-24/h4,6-11,18-20,22,33H,5,12-17H2,1-3H3,(H2,34,35,36,39). The Morgan fingerprint density at radius 2 is 1.79 bits per heavy atom. The van der Waals surface area contributed by atoms with Crippen LogP contribution in [-0.4, -0.2) is 82.9 Å². The van der Waals surface area contributed by atoms with Crippen LogP contribution in [0.5, 0.6) is 0 Å². The quantitative estimate of drug-likeness (QED) is 0.223. The van der Waals surface area contributed by atoms with Crippen LogP contribution < -0.4 is 15.5 Å². The molecule has 12 heteroatoms. The van der Waals surface area contributed by atoms with E-state index in [1.165, 1.54) is 30.3 Å². The summed E-state index contributed by atoms with van der Waals surface area (Å²) in [4.78, 5) is 17.8. The molecule has 0 aliphatic carbocycles. The van der Waals surface area contributed by atoms with Crippen molar-refractivity contribution in [3.63, 3.8) is 0 Å². The third-order valence-corrected chi connectivity index (χ3v) is 9.30. The van der Waals surface area contributed by atoms with Gasteiger partial charge < -0.3 is 25.2 Å². The first-order chi connectivity index (χ1) is 20.6. The fraction of sp³-hybridized carbons (Fsp3) is 0.355. The number of aromatic nitrogens is 2. The Hall–Kier alpha value is -4.00. The maximum atomic E-state index is 13.8. The van der Waals surface area contributed by atoms with Crippen LogP contribution in [0.1, 0.15) is 29.6 Å². The predicted molar refractivity (Wildman–Crippen MR) is 166 cm³/mol. The van der Waals surface area contributed by atoms with Crippen LogP contribution in [0.4, 0.5) is 21.6 Å². The van der Waals surface area contributed by atoms with Gasteiger partial charge in [-0.1, -0.05) is 6.07 Å². The summed E-state index contributed by atoms with van der Waals surface area (Å²) in [6.07, 6.45) is 2.66. The maximum Gasteiger partial charge on any atom is 0.258 e. The molecule has 0 saturated carbocycles. The van der Waals surface area contributed by atoms with Gasteiger partial charge in [0.25, 0.3) is 5.91 Å². The number of aromatic amines is 1. The summed E-state index contributed by atoms with van der Waals surface area (Å²) in [6, 6.07) is 15.2. The number of carbonyl (C=O) groups is 1. The molecular formula is C31H37FN6O4S. The van der Waals surface area contributed by atoms with Gasteiger partial charge in [-0.15, -0.1) is 0 Å². The topological polar surface area (TPSA) is 120 Å². The first kappa shape index (κ1) is 30.5. The molecule has 1 aliphatic rings. The average molecular weight is 609 g/mol. The van der Waals surface area contributed by atoms with Gasteiger partial charge in [-0.2, -0.15) is 5.10 Å². The van der Waals surface area contributed by atoms with Gasteiger partial charge in [0, 0.05) is 49.6 Å². The second kappa shape index (κ2) is 13.1. The molecule has 0 bridgehead atoms. The van der Waals surface area contributed by atoms with E-state index in [0.717, 1.165) is 44.1 Å². The number of H-pyrrole nitrogens is 1. The molecule has 0 atom stereocenters. The number of sulfone groups is 1. The lowest BCUT2D eigenvalue weighted by Gasteiger charge is -2.27. The highest BCUT2D eigenvalue weighted by Crippen LogP contribution is 2.30. The molecule has 43 heavy (non-hydrogen) atoms. The summed E-state index contributed by atoms with van der Waals surface area (Å²) < 4.78 is 45.7. The van der Waals surface area contributed by atoms with Crippen LogP contribution in [0, 0.1) is 5.82 Å². The van der Waals surface area contributed by atoms with Crippen molar-refractivity contribution >= 4 is 43.8 Å². The monoisotopic (exact) mass is 608 g/mol. The van der Waals surface area contributed by atoms with E-state index in [2.05, 4.69) is 44.7 Å². The smallest absolute Gasteiger partial charge is 0.258 e. The number of nitrogens with zero attached hydrogens (tertiary/aromatic N) is 3. The molecule has 5 rings (SSSR count). The molecule has 1 aromatic heterocycles. The van der Waals surface area contributed by atoms with E-state index in [-0.39, 0.29) is 27.6 Å². The lowest BCUT2D eigenvalue weighted by molar-refractivity contribution is 0.0904. The molecule has 2 heterocycles. The first-order valence-corrected chi connectivity index (χ1v) is 15.7. The third-order valence-electron chi connectivity index (χ3n) is 7.55. The highest BCUT2D eigenvalue weighted by molar-refractivity contribution is 7.91. The van der Waals surface area contributed by atoms with Crippen molar-refractivity contribution < 1.29 is 22.3 Å². The number of ether oxygens (including phenoxy) is 1. The van der Waals surface area contributed by atoms with Crippen LogP contribution in [0.25, 0.3) is 10.9 Å². The number of carbonyl (C=O) groups excluding carboxylic acids is 1.